The maximum atomic E-state index is 6.08. The molecule has 0 radical (unpaired) electrons. The molecular weight excluding hydrogens is 208 g/mol. The van der Waals surface area contributed by atoms with Gasteiger partial charge in [0.1, 0.15) is 0 Å². The first-order chi connectivity index (χ1) is 7.83. The van der Waals surface area contributed by atoms with Crippen LogP contribution in [0.15, 0.2) is 0 Å². The lowest BCUT2D eigenvalue weighted by atomic mass is 9.85. The van der Waals surface area contributed by atoms with Crippen LogP contribution in [0.5, 0.6) is 0 Å². The van der Waals surface area contributed by atoms with Gasteiger partial charge in [-0.3, -0.25) is 0 Å². The highest BCUT2D eigenvalue weighted by Gasteiger charge is 2.27. The summed E-state index contributed by atoms with van der Waals surface area (Å²) in [6.45, 7) is 15.1. The summed E-state index contributed by atoms with van der Waals surface area (Å²) < 4.78 is 0. The molecule has 0 spiro atoms. The van der Waals surface area contributed by atoms with Crippen LogP contribution in [0.4, 0.5) is 0 Å². The first kappa shape index (κ1) is 15.0. The molecule has 1 aliphatic heterocycles. The van der Waals surface area contributed by atoms with E-state index in [9.17, 15) is 0 Å². The van der Waals surface area contributed by atoms with Gasteiger partial charge in [0.2, 0.25) is 0 Å². The summed E-state index contributed by atoms with van der Waals surface area (Å²) in [5.74, 6) is 1.77. The molecule has 0 aliphatic carbocycles. The number of hydrogen-bond acceptors (Lipinski definition) is 2. The van der Waals surface area contributed by atoms with Gasteiger partial charge >= 0.3 is 0 Å². The van der Waals surface area contributed by atoms with Gasteiger partial charge in [-0.25, -0.2) is 0 Å². The van der Waals surface area contributed by atoms with Crippen LogP contribution in [0.3, 0.4) is 0 Å². The van der Waals surface area contributed by atoms with Crippen molar-refractivity contribution in [1.82, 2.24) is 4.90 Å². The predicted molar refractivity (Wildman–Crippen MR) is 76.0 cm³/mol. The van der Waals surface area contributed by atoms with Gasteiger partial charge < -0.3 is 10.6 Å². The molecule has 2 nitrogen and oxygen atoms in total. The van der Waals surface area contributed by atoms with Crippen molar-refractivity contribution in [3.05, 3.63) is 0 Å². The third-order valence-electron chi connectivity index (χ3n) is 4.67. The maximum Gasteiger partial charge on any atom is 0.00739 e. The lowest BCUT2D eigenvalue weighted by Crippen LogP contribution is -2.44. The van der Waals surface area contributed by atoms with Crippen LogP contribution in [0.2, 0.25) is 0 Å². The normalized spacial score (nSPS) is 25.9. The number of rotatable bonds is 4. The summed E-state index contributed by atoms with van der Waals surface area (Å²) >= 11 is 0. The van der Waals surface area contributed by atoms with Gasteiger partial charge in [0, 0.05) is 12.6 Å². The number of likely N-dealkylation sites (tertiary alicyclic amines) is 1. The largest absolute Gasteiger partial charge is 0.327 e. The zero-order valence-corrected chi connectivity index (χ0v) is 12.5. The molecule has 2 unspecified atom stereocenters. The Hall–Kier alpha value is -0.0800. The second-order valence-corrected chi connectivity index (χ2v) is 6.99. The van der Waals surface area contributed by atoms with Crippen LogP contribution < -0.4 is 5.73 Å². The van der Waals surface area contributed by atoms with E-state index in [1.165, 1.54) is 32.4 Å². The molecule has 1 fully saturated rings. The second-order valence-electron chi connectivity index (χ2n) is 6.99. The molecular formula is C15H32N2. The van der Waals surface area contributed by atoms with Crippen molar-refractivity contribution >= 4 is 0 Å². The summed E-state index contributed by atoms with van der Waals surface area (Å²) in [7, 11) is 0. The average molecular weight is 240 g/mol. The number of hydrogen-bond donors (Lipinski definition) is 1. The van der Waals surface area contributed by atoms with Gasteiger partial charge in [-0.05, 0) is 56.5 Å². The van der Waals surface area contributed by atoms with Gasteiger partial charge in [0.05, 0.1) is 0 Å². The van der Waals surface area contributed by atoms with Gasteiger partial charge in [0.25, 0.3) is 0 Å². The van der Waals surface area contributed by atoms with E-state index in [1.807, 2.05) is 0 Å². The Morgan fingerprint density at radius 1 is 1.18 bits per heavy atom. The molecule has 0 bridgehead atoms. The summed E-state index contributed by atoms with van der Waals surface area (Å²) in [6.07, 6.45) is 4.14. The molecule has 0 aromatic carbocycles. The minimum Gasteiger partial charge on any atom is -0.327 e. The molecule has 1 aliphatic rings. The third kappa shape index (κ3) is 4.59. The lowest BCUT2D eigenvalue weighted by Gasteiger charge is -2.35. The highest BCUT2D eigenvalue weighted by molar-refractivity contribution is 4.83. The van der Waals surface area contributed by atoms with Crippen molar-refractivity contribution in [2.24, 2.45) is 23.0 Å². The Kier molecular flexibility index (Phi) is 5.46. The topological polar surface area (TPSA) is 29.3 Å². The van der Waals surface area contributed by atoms with Crippen LogP contribution in [0.1, 0.15) is 53.9 Å². The average Bonchev–Trinajstić information content (AvgIpc) is 2.42. The van der Waals surface area contributed by atoms with Crippen molar-refractivity contribution in [2.75, 3.05) is 19.6 Å². The van der Waals surface area contributed by atoms with E-state index in [4.69, 9.17) is 5.73 Å². The first-order valence-electron chi connectivity index (χ1n) is 7.31. The maximum absolute atomic E-state index is 6.08. The summed E-state index contributed by atoms with van der Waals surface area (Å²) in [5.41, 5.74) is 6.31. The molecule has 0 aromatic rings. The van der Waals surface area contributed by atoms with E-state index in [0.717, 1.165) is 18.4 Å². The Labute approximate surface area is 108 Å². The van der Waals surface area contributed by atoms with E-state index >= 15 is 0 Å². The number of nitrogens with two attached hydrogens (primary N) is 1. The van der Waals surface area contributed by atoms with Crippen LogP contribution in [0.25, 0.3) is 0 Å². The highest BCUT2D eigenvalue weighted by atomic mass is 15.1. The van der Waals surface area contributed by atoms with Crippen LogP contribution in [-0.4, -0.2) is 30.6 Å². The van der Waals surface area contributed by atoms with Crippen LogP contribution in [0, 0.1) is 17.3 Å². The summed E-state index contributed by atoms with van der Waals surface area (Å²) in [6, 6.07) is 0.270. The van der Waals surface area contributed by atoms with Crippen molar-refractivity contribution in [3.8, 4) is 0 Å². The molecule has 102 valence electrons. The van der Waals surface area contributed by atoms with E-state index in [-0.39, 0.29) is 11.5 Å². The third-order valence-corrected chi connectivity index (χ3v) is 4.67. The Morgan fingerprint density at radius 3 is 2.35 bits per heavy atom. The summed E-state index contributed by atoms with van der Waals surface area (Å²) in [5, 5.41) is 0. The minimum absolute atomic E-state index is 0.234. The van der Waals surface area contributed by atoms with Crippen molar-refractivity contribution in [2.45, 2.75) is 59.9 Å². The standard InChI is InChI=1S/C15H32N2/c1-12(2)14-7-6-9-17(10-8-14)11-15(4,5)13(3)16/h12-14H,6-11,16H2,1-5H3. The molecule has 1 rings (SSSR count). The molecule has 0 amide bonds. The SMILES string of the molecule is CC(C)C1CCCN(CC(C)(C)C(C)N)CC1. The fraction of sp³-hybridized carbons (Fsp3) is 1.00. The van der Waals surface area contributed by atoms with E-state index in [2.05, 4.69) is 39.5 Å². The van der Waals surface area contributed by atoms with Crippen LogP contribution in [-0.2, 0) is 0 Å². The van der Waals surface area contributed by atoms with Crippen LogP contribution >= 0.6 is 0 Å². The molecule has 17 heavy (non-hydrogen) atoms. The monoisotopic (exact) mass is 240 g/mol. The predicted octanol–water partition coefficient (Wildman–Crippen LogP) is 3.12. The van der Waals surface area contributed by atoms with Gasteiger partial charge in [0.15, 0.2) is 0 Å². The quantitative estimate of drug-likeness (QED) is 0.818. The zero-order valence-electron chi connectivity index (χ0n) is 12.5. The molecule has 1 saturated heterocycles. The second kappa shape index (κ2) is 6.19. The molecule has 2 atom stereocenters. The Bertz CT molecular complexity index is 221. The van der Waals surface area contributed by atoms with Gasteiger partial charge in [-0.2, -0.15) is 0 Å². The van der Waals surface area contributed by atoms with E-state index in [1.54, 1.807) is 0 Å². The van der Waals surface area contributed by atoms with Gasteiger partial charge in [-0.1, -0.05) is 27.7 Å². The van der Waals surface area contributed by atoms with Crippen molar-refractivity contribution in [3.63, 3.8) is 0 Å². The van der Waals surface area contributed by atoms with Gasteiger partial charge in [-0.15, -0.1) is 0 Å². The molecule has 2 N–H and O–H groups in total. The minimum atomic E-state index is 0.234. The summed E-state index contributed by atoms with van der Waals surface area (Å²) in [4.78, 5) is 2.63. The van der Waals surface area contributed by atoms with Crippen molar-refractivity contribution < 1.29 is 0 Å². The molecule has 0 saturated carbocycles. The number of nitrogens with zero attached hydrogens (tertiary/aromatic N) is 1. The zero-order chi connectivity index (χ0) is 13.1. The van der Waals surface area contributed by atoms with E-state index < -0.39 is 0 Å². The lowest BCUT2D eigenvalue weighted by molar-refractivity contribution is 0.159. The molecule has 1 heterocycles. The molecule has 2 heteroatoms. The smallest absolute Gasteiger partial charge is 0.00739 e. The first-order valence-corrected chi connectivity index (χ1v) is 7.31. The Morgan fingerprint density at radius 2 is 1.82 bits per heavy atom. The van der Waals surface area contributed by atoms with Crippen molar-refractivity contribution in [1.29, 1.82) is 0 Å². The fourth-order valence-electron chi connectivity index (χ4n) is 2.73. The van der Waals surface area contributed by atoms with E-state index in [0.29, 0.717) is 0 Å². The Balaban J connectivity index is 2.47. The fourth-order valence-corrected chi connectivity index (χ4v) is 2.73. The highest BCUT2D eigenvalue weighted by Crippen LogP contribution is 2.27. The molecule has 0 aromatic heterocycles.